The van der Waals surface area contributed by atoms with Gasteiger partial charge in [-0.1, -0.05) is 26.0 Å². The predicted molar refractivity (Wildman–Crippen MR) is 158 cm³/mol. The molecule has 2 N–H and O–H groups in total. The Morgan fingerprint density at radius 1 is 1.15 bits per heavy atom. The number of aliphatic hydroxyl groups excluding tert-OH is 1. The van der Waals surface area contributed by atoms with Gasteiger partial charge in [-0.25, -0.2) is 4.39 Å². The van der Waals surface area contributed by atoms with Gasteiger partial charge >= 0.3 is 0 Å². The number of aliphatic hydroxyl groups is 1. The molecule has 1 aromatic heterocycles. The Labute approximate surface area is 244 Å². The number of benzene rings is 1. The van der Waals surface area contributed by atoms with Crippen LogP contribution >= 0.6 is 24.8 Å². The third-order valence-electron chi connectivity index (χ3n) is 8.25. The van der Waals surface area contributed by atoms with Gasteiger partial charge in [0.1, 0.15) is 5.82 Å². The summed E-state index contributed by atoms with van der Waals surface area (Å²) in [5.41, 5.74) is 3.66. The average Bonchev–Trinajstić information content (AvgIpc) is 3.43. The summed E-state index contributed by atoms with van der Waals surface area (Å²) < 4.78 is 13.3. The van der Waals surface area contributed by atoms with Crippen LogP contribution < -0.4 is 10.2 Å². The van der Waals surface area contributed by atoms with E-state index in [0.717, 1.165) is 61.5 Å². The van der Waals surface area contributed by atoms with Gasteiger partial charge in [0.2, 0.25) is 5.91 Å². The molecule has 0 unspecified atom stereocenters. The molecular formula is C29H42Cl2FN5O2. The van der Waals surface area contributed by atoms with E-state index >= 15 is 0 Å². The number of carbonyl (C=O) groups is 1. The van der Waals surface area contributed by atoms with Crippen LogP contribution in [0, 0.1) is 5.82 Å². The fraction of sp³-hybridized carbons (Fsp3) is 0.586. The van der Waals surface area contributed by atoms with Crippen molar-refractivity contribution < 1.29 is 14.3 Å². The van der Waals surface area contributed by atoms with E-state index in [1.54, 1.807) is 12.1 Å². The molecule has 0 spiro atoms. The third-order valence-corrected chi connectivity index (χ3v) is 8.25. The lowest BCUT2D eigenvalue weighted by molar-refractivity contribution is -0.120. The maximum Gasteiger partial charge on any atom is 0.241 e. The minimum absolute atomic E-state index is 0. The number of anilines is 1. The van der Waals surface area contributed by atoms with E-state index in [9.17, 15) is 14.3 Å². The first kappa shape index (κ1) is 31.7. The molecule has 3 aliphatic heterocycles. The van der Waals surface area contributed by atoms with Crippen LogP contribution in [-0.2, 0) is 16.6 Å². The molecule has 10 heteroatoms. The standard InChI is InChI=1S/C29H40FN5O2.2ClH/c1-20-15-34(25(14-31-20)16-33-10-4-5-24(33)18-36)17-27(37)35-19-29(2,3)28-26(35)12-22(13-32-28)11-21-6-8-23(30)9-7-21;;/h6-9,12-13,20,24-25,31,36H,4-5,10-11,14-19H2,1-3H3;2*1H/t20-,24+,25-;;/m1../s1. The normalized spacial score (nSPS) is 24.6. The van der Waals surface area contributed by atoms with E-state index in [1.165, 1.54) is 12.1 Å². The number of rotatable bonds is 7. The average molecular weight is 583 g/mol. The Hall–Kier alpha value is -1.81. The van der Waals surface area contributed by atoms with Crippen LogP contribution in [-0.4, -0.2) is 89.8 Å². The van der Waals surface area contributed by atoms with E-state index < -0.39 is 0 Å². The zero-order chi connectivity index (χ0) is 26.2. The molecular weight excluding hydrogens is 540 g/mol. The number of hydrogen-bond donors (Lipinski definition) is 2. The van der Waals surface area contributed by atoms with Crippen LogP contribution in [0.4, 0.5) is 10.1 Å². The van der Waals surface area contributed by atoms with Crippen LogP contribution in [0.15, 0.2) is 36.5 Å². The number of pyridine rings is 1. The van der Waals surface area contributed by atoms with Gasteiger partial charge in [0.05, 0.1) is 24.5 Å². The van der Waals surface area contributed by atoms with E-state index in [2.05, 4.69) is 42.0 Å². The van der Waals surface area contributed by atoms with E-state index in [0.29, 0.717) is 25.6 Å². The summed E-state index contributed by atoms with van der Waals surface area (Å²) in [6.45, 7) is 11.2. The Morgan fingerprint density at radius 2 is 1.90 bits per heavy atom. The van der Waals surface area contributed by atoms with Crippen molar-refractivity contribution in [2.45, 2.75) is 63.6 Å². The molecule has 216 valence electrons. The number of likely N-dealkylation sites (tertiary alicyclic amines) is 1. The van der Waals surface area contributed by atoms with Crippen LogP contribution in [0.1, 0.15) is 50.4 Å². The first-order chi connectivity index (χ1) is 17.7. The number of nitrogens with zero attached hydrogens (tertiary/aromatic N) is 4. The minimum Gasteiger partial charge on any atom is -0.395 e. The molecule has 2 saturated heterocycles. The number of fused-ring (bicyclic) bond motifs is 1. The third kappa shape index (κ3) is 7.10. The van der Waals surface area contributed by atoms with E-state index in [-0.39, 0.29) is 60.6 Å². The highest BCUT2D eigenvalue weighted by Crippen LogP contribution is 2.39. The van der Waals surface area contributed by atoms with Crippen molar-refractivity contribution in [1.82, 2.24) is 20.1 Å². The van der Waals surface area contributed by atoms with Crippen LogP contribution in [0.25, 0.3) is 0 Å². The molecule has 2 fully saturated rings. The van der Waals surface area contributed by atoms with Gasteiger partial charge in [-0.2, -0.15) is 0 Å². The highest BCUT2D eigenvalue weighted by molar-refractivity contribution is 5.97. The largest absolute Gasteiger partial charge is 0.395 e. The molecule has 3 atom stereocenters. The lowest BCUT2D eigenvalue weighted by atomic mass is 9.91. The molecule has 39 heavy (non-hydrogen) atoms. The summed E-state index contributed by atoms with van der Waals surface area (Å²) in [6, 6.07) is 9.41. The summed E-state index contributed by atoms with van der Waals surface area (Å²) in [4.78, 5) is 25.3. The second-order valence-corrected chi connectivity index (χ2v) is 11.7. The smallest absolute Gasteiger partial charge is 0.241 e. The van der Waals surface area contributed by atoms with Gasteiger partial charge in [-0.15, -0.1) is 24.8 Å². The van der Waals surface area contributed by atoms with Crippen molar-refractivity contribution >= 4 is 36.4 Å². The molecule has 0 radical (unpaired) electrons. The summed E-state index contributed by atoms with van der Waals surface area (Å²) in [5, 5.41) is 13.4. The fourth-order valence-corrected chi connectivity index (χ4v) is 6.21. The summed E-state index contributed by atoms with van der Waals surface area (Å²) >= 11 is 0. The van der Waals surface area contributed by atoms with Gasteiger partial charge in [0, 0.05) is 55.9 Å². The first-order valence-electron chi connectivity index (χ1n) is 13.6. The fourth-order valence-electron chi connectivity index (χ4n) is 6.21. The monoisotopic (exact) mass is 581 g/mol. The number of aromatic nitrogens is 1. The van der Waals surface area contributed by atoms with Crippen molar-refractivity contribution in [2.75, 3.05) is 50.8 Å². The van der Waals surface area contributed by atoms with Crippen molar-refractivity contribution in [3.8, 4) is 0 Å². The van der Waals surface area contributed by atoms with E-state index in [4.69, 9.17) is 4.98 Å². The van der Waals surface area contributed by atoms with Crippen molar-refractivity contribution in [1.29, 1.82) is 0 Å². The van der Waals surface area contributed by atoms with Crippen LogP contribution in [0.5, 0.6) is 0 Å². The minimum atomic E-state index is -0.244. The van der Waals surface area contributed by atoms with Gasteiger partial charge in [0.25, 0.3) is 0 Å². The number of piperazine rings is 1. The van der Waals surface area contributed by atoms with Crippen molar-refractivity contribution in [3.05, 3.63) is 59.2 Å². The number of amides is 1. The zero-order valence-corrected chi connectivity index (χ0v) is 24.7. The molecule has 0 aliphatic carbocycles. The molecule has 1 aromatic carbocycles. The Bertz CT molecular complexity index is 1120. The number of halogens is 3. The van der Waals surface area contributed by atoms with Crippen molar-refractivity contribution in [2.24, 2.45) is 0 Å². The molecule has 0 bridgehead atoms. The van der Waals surface area contributed by atoms with Crippen molar-refractivity contribution in [3.63, 3.8) is 0 Å². The predicted octanol–water partition coefficient (Wildman–Crippen LogP) is 3.40. The Kier molecular flexibility index (Phi) is 10.8. The highest BCUT2D eigenvalue weighted by Gasteiger charge is 2.41. The summed E-state index contributed by atoms with van der Waals surface area (Å²) in [6.07, 6.45) is 4.69. The number of carbonyl (C=O) groups excluding carboxylic acids is 1. The first-order valence-corrected chi connectivity index (χ1v) is 13.6. The van der Waals surface area contributed by atoms with Gasteiger partial charge < -0.3 is 15.3 Å². The SMILES string of the molecule is C[C@@H]1CN(CC(=O)N2CC(C)(C)c3ncc(Cc4ccc(F)cc4)cc32)[C@@H](CN2CCC[C@H]2CO)CN1.Cl.Cl. The topological polar surface area (TPSA) is 71.9 Å². The Morgan fingerprint density at radius 3 is 2.62 bits per heavy atom. The van der Waals surface area contributed by atoms with E-state index in [1.807, 2.05) is 11.1 Å². The molecule has 4 heterocycles. The summed E-state index contributed by atoms with van der Waals surface area (Å²) in [7, 11) is 0. The van der Waals surface area contributed by atoms with Crippen LogP contribution in [0.3, 0.4) is 0 Å². The zero-order valence-electron chi connectivity index (χ0n) is 23.1. The van der Waals surface area contributed by atoms with Gasteiger partial charge in [-0.3, -0.25) is 19.6 Å². The second-order valence-electron chi connectivity index (χ2n) is 11.7. The summed E-state index contributed by atoms with van der Waals surface area (Å²) in [5.74, 6) is -0.140. The lowest BCUT2D eigenvalue weighted by Crippen LogP contribution is -2.61. The molecule has 5 rings (SSSR count). The van der Waals surface area contributed by atoms with Crippen LogP contribution in [0.2, 0.25) is 0 Å². The number of hydrogen-bond acceptors (Lipinski definition) is 6. The number of nitrogens with one attached hydrogen (secondary N) is 1. The van der Waals surface area contributed by atoms with Gasteiger partial charge in [0.15, 0.2) is 0 Å². The second kappa shape index (κ2) is 13.2. The highest BCUT2D eigenvalue weighted by atomic mass is 35.5. The maximum absolute atomic E-state index is 13.8. The molecule has 3 aliphatic rings. The molecule has 0 saturated carbocycles. The molecule has 2 aromatic rings. The lowest BCUT2D eigenvalue weighted by Gasteiger charge is -2.42. The van der Waals surface area contributed by atoms with Gasteiger partial charge in [-0.05, 0) is 62.1 Å². The molecule has 1 amide bonds. The quantitative estimate of drug-likeness (QED) is 0.522. The molecule has 7 nitrogen and oxygen atoms in total. The maximum atomic E-state index is 13.8. The Balaban J connectivity index is 0.00000210.